The lowest BCUT2D eigenvalue weighted by atomic mass is 10.2. The molecule has 1 saturated heterocycles. The Labute approximate surface area is 144 Å². The first-order valence-corrected chi connectivity index (χ1v) is 9.28. The summed E-state index contributed by atoms with van der Waals surface area (Å²) in [5.74, 6) is -0.307. The molecule has 0 bridgehead atoms. The summed E-state index contributed by atoms with van der Waals surface area (Å²) in [6.45, 7) is 3.43. The highest BCUT2D eigenvalue weighted by Gasteiger charge is 2.42. The van der Waals surface area contributed by atoms with E-state index in [0.29, 0.717) is 11.3 Å². The minimum Gasteiger partial charge on any atom is -0.338 e. The molecule has 2 aromatic rings. The Bertz CT molecular complexity index is 986. The summed E-state index contributed by atoms with van der Waals surface area (Å²) in [5, 5.41) is -0.675. The number of likely N-dealkylation sites (tertiary alicyclic amines) is 1. The lowest BCUT2D eigenvalue weighted by molar-refractivity contribution is -0.135. The monoisotopic (exact) mass is 365 g/mol. The van der Waals surface area contributed by atoms with Crippen molar-refractivity contribution in [3.8, 4) is 0 Å². The van der Waals surface area contributed by atoms with Gasteiger partial charge in [0.25, 0.3) is 5.56 Å². The zero-order valence-corrected chi connectivity index (χ0v) is 15.0. The molecule has 0 spiro atoms. The fourth-order valence-electron chi connectivity index (χ4n) is 2.65. The third kappa shape index (κ3) is 2.97. The van der Waals surface area contributed by atoms with E-state index >= 15 is 0 Å². The maximum absolute atomic E-state index is 12.5. The van der Waals surface area contributed by atoms with Gasteiger partial charge >= 0.3 is 0 Å². The molecule has 0 unspecified atom stereocenters. The first-order valence-electron chi connectivity index (χ1n) is 7.73. The van der Waals surface area contributed by atoms with Crippen LogP contribution in [0.4, 0.5) is 0 Å². The number of nitrogens with zero attached hydrogens (tertiary/aromatic N) is 5. The SMILES string of the molecule is Cc1ncn(CC(=O)N2CC(S(=O)(=O)c3nccn3C)C2)c(=O)c1C. The number of carbonyl (C=O) groups is 1. The van der Waals surface area contributed by atoms with E-state index in [1.54, 1.807) is 27.1 Å². The molecular formula is C15H19N5O4S. The van der Waals surface area contributed by atoms with Crippen molar-refractivity contribution in [2.75, 3.05) is 13.1 Å². The number of rotatable bonds is 4. The first-order chi connectivity index (χ1) is 11.7. The highest BCUT2D eigenvalue weighted by Crippen LogP contribution is 2.22. The van der Waals surface area contributed by atoms with Gasteiger partial charge in [0.05, 0.1) is 6.33 Å². The topological polar surface area (TPSA) is 107 Å². The molecule has 0 radical (unpaired) electrons. The maximum Gasteiger partial charge on any atom is 0.256 e. The van der Waals surface area contributed by atoms with E-state index < -0.39 is 15.1 Å². The van der Waals surface area contributed by atoms with Gasteiger partial charge in [-0.05, 0) is 13.8 Å². The Morgan fingerprint density at radius 2 is 1.96 bits per heavy atom. The predicted molar refractivity (Wildman–Crippen MR) is 88.7 cm³/mol. The summed E-state index contributed by atoms with van der Waals surface area (Å²) in [6.07, 6.45) is 4.33. The zero-order chi connectivity index (χ0) is 18.4. The van der Waals surface area contributed by atoms with Crippen molar-refractivity contribution in [3.05, 3.63) is 40.3 Å². The van der Waals surface area contributed by atoms with Crippen molar-refractivity contribution in [3.63, 3.8) is 0 Å². The second-order valence-corrected chi connectivity index (χ2v) is 8.30. The normalized spacial score (nSPS) is 15.2. The summed E-state index contributed by atoms with van der Waals surface area (Å²) in [4.78, 5) is 33.8. The molecule has 1 amide bonds. The molecule has 134 valence electrons. The number of sulfone groups is 1. The Balaban J connectivity index is 1.67. The highest BCUT2D eigenvalue weighted by atomic mass is 32.2. The van der Waals surface area contributed by atoms with Gasteiger partial charge in [-0.15, -0.1) is 0 Å². The average Bonchev–Trinajstić information content (AvgIpc) is 2.93. The van der Waals surface area contributed by atoms with Crippen molar-refractivity contribution < 1.29 is 13.2 Å². The van der Waals surface area contributed by atoms with Crippen LogP contribution in [0.15, 0.2) is 28.7 Å². The number of hydrogen-bond acceptors (Lipinski definition) is 6. The van der Waals surface area contributed by atoms with E-state index in [1.165, 1.54) is 26.6 Å². The van der Waals surface area contributed by atoms with Crippen LogP contribution in [0.1, 0.15) is 11.3 Å². The first kappa shape index (κ1) is 17.3. The third-order valence-corrected chi connectivity index (χ3v) is 6.57. The fourth-order valence-corrected chi connectivity index (χ4v) is 4.37. The molecule has 0 aliphatic carbocycles. The largest absolute Gasteiger partial charge is 0.338 e. The van der Waals surface area contributed by atoms with Gasteiger partial charge < -0.3 is 9.47 Å². The van der Waals surface area contributed by atoms with Gasteiger partial charge in [0.2, 0.25) is 20.9 Å². The molecule has 25 heavy (non-hydrogen) atoms. The number of imidazole rings is 1. The van der Waals surface area contributed by atoms with Gasteiger partial charge in [-0.3, -0.25) is 14.2 Å². The van der Waals surface area contributed by atoms with Gasteiger partial charge in [-0.25, -0.2) is 18.4 Å². The second kappa shape index (κ2) is 6.10. The molecular weight excluding hydrogens is 346 g/mol. The zero-order valence-electron chi connectivity index (χ0n) is 14.2. The number of carbonyl (C=O) groups excluding carboxylic acids is 1. The number of aryl methyl sites for hydroxylation is 2. The van der Waals surface area contributed by atoms with E-state index in [2.05, 4.69) is 9.97 Å². The quantitative estimate of drug-likeness (QED) is 0.708. The molecule has 0 saturated carbocycles. The summed E-state index contributed by atoms with van der Waals surface area (Å²) >= 11 is 0. The van der Waals surface area contributed by atoms with Gasteiger partial charge in [0.1, 0.15) is 11.8 Å². The second-order valence-electron chi connectivity index (χ2n) is 6.17. The minimum atomic E-state index is -3.57. The van der Waals surface area contributed by atoms with E-state index in [4.69, 9.17) is 0 Å². The van der Waals surface area contributed by atoms with Gasteiger partial charge in [0.15, 0.2) is 0 Å². The van der Waals surface area contributed by atoms with Crippen LogP contribution in [0, 0.1) is 13.8 Å². The van der Waals surface area contributed by atoms with Crippen LogP contribution in [-0.4, -0.2) is 56.7 Å². The third-order valence-electron chi connectivity index (χ3n) is 4.49. The lowest BCUT2D eigenvalue weighted by Crippen LogP contribution is -2.58. The fraction of sp³-hybridized carbons (Fsp3) is 0.467. The van der Waals surface area contributed by atoms with Gasteiger partial charge in [-0.1, -0.05) is 0 Å². The van der Waals surface area contributed by atoms with Crippen LogP contribution >= 0.6 is 0 Å². The van der Waals surface area contributed by atoms with Crippen molar-refractivity contribution in [1.29, 1.82) is 0 Å². The van der Waals surface area contributed by atoms with Crippen LogP contribution in [0.2, 0.25) is 0 Å². The summed E-state index contributed by atoms with van der Waals surface area (Å²) < 4.78 is 27.6. The Hall–Kier alpha value is -2.49. The van der Waals surface area contributed by atoms with Crippen molar-refractivity contribution in [1.82, 2.24) is 24.0 Å². The van der Waals surface area contributed by atoms with Crippen molar-refractivity contribution in [2.24, 2.45) is 7.05 Å². The Morgan fingerprint density at radius 3 is 2.56 bits per heavy atom. The maximum atomic E-state index is 12.5. The molecule has 10 heteroatoms. The minimum absolute atomic E-state index is 0.000761. The molecule has 1 aliphatic rings. The smallest absolute Gasteiger partial charge is 0.256 e. The van der Waals surface area contributed by atoms with Crippen LogP contribution in [-0.2, 0) is 28.2 Å². The number of aromatic nitrogens is 4. The van der Waals surface area contributed by atoms with E-state index in [-0.39, 0.29) is 36.3 Å². The summed E-state index contributed by atoms with van der Waals surface area (Å²) in [7, 11) is -1.96. The Morgan fingerprint density at radius 1 is 1.28 bits per heavy atom. The number of hydrogen-bond donors (Lipinski definition) is 0. The predicted octanol–water partition coefficient (Wildman–Crippen LogP) is -0.722. The van der Waals surface area contributed by atoms with Crippen molar-refractivity contribution >= 4 is 15.7 Å². The van der Waals surface area contributed by atoms with Crippen molar-refractivity contribution in [2.45, 2.75) is 30.8 Å². The Kier molecular flexibility index (Phi) is 4.23. The molecule has 0 atom stereocenters. The van der Waals surface area contributed by atoms with Crippen LogP contribution in [0.3, 0.4) is 0 Å². The van der Waals surface area contributed by atoms with E-state index in [9.17, 15) is 18.0 Å². The molecule has 9 nitrogen and oxygen atoms in total. The number of amides is 1. The summed E-state index contributed by atoms with van der Waals surface area (Å²) in [5.41, 5.74) is 0.853. The van der Waals surface area contributed by atoms with Gasteiger partial charge in [-0.2, -0.15) is 0 Å². The highest BCUT2D eigenvalue weighted by molar-refractivity contribution is 7.92. The lowest BCUT2D eigenvalue weighted by Gasteiger charge is -2.38. The molecule has 3 rings (SSSR count). The average molecular weight is 365 g/mol. The molecule has 0 N–H and O–H groups in total. The van der Waals surface area contributed by atoms with Crippen LogP contribution in [0.25, 0.3) is 0 Å². The molecule has 1 fully saturated rings. The van der Waals surface area contributed by atoms with Crippen LogP contribution < -0.4 is 5.56 Å². The van der Waals surface area contributed by atoms with Crippen LogP contribution in [0.5, 0.6) is 0 Å². The molecule has 0 aromatic carbocycles. The standard InChI is InChI=1S/C15H19N5O4S/c1-10-11(2)17-9-20(14(10)22)8-13(21)19-6-12(7-19)25(23,24)15-16-4-5-18(15)3/h4-5,9,12H,6-8H2,1-3H3. The molecule has 1 aliphatic heterocycles. The molecule has 3 heterocycles. The molecule has 2 aromatic heterocycles. The summed E-state index contributed by atoms with van der Waals surface area (Å²) in [6, 6.07) is 0. The van der Waals surface area contributed by atoms with Gasteiger partial charge in [0, 0.05) is 43.8 Å². The van der Waals surface area contributed by atoms with E-state index in [0.717, 1.165) is 0 Å². The van der Waals surface area contributed by atoms with E-state index in [1.807, 2.05) is 0 Å².